The highest BCUT2D eigenvalue weighted by Gasteiger charge is 2.31. The largest absolute Gasteiger partial charge is 0.490 e. The molecule has 0 saturated carbocycles. The van der Waals surface area contributed by atoms with Crippen molar-refractivity contribution in [2.75, 3.05) is 6.54 Å². The predicted molar refractivity (Wildman–Crippen MR) is 96.9 cm³/mol. The lowest BCUT2D eigenvalue weighted by Gasteiger charge is -2.14. The van der Waals surface area contributed by atoms with E-state index in [1.165, 1.54) is 11.8 Å². The highest BCUT2D eigenvalue weighted by molar-refractivity contribution is 8.26. The Morgan fingerprint density at radius 3 is 2.86 bits per heavy atom. The van der Waals surface area contributed by atoms with Crippen LogP contribution in [0.5, 0.6) is 5.75 Å². The molecule has 116 valence electrons. The molecular weight excluding hydrogens is 314 g/mol. The fourth-order valence-electron chi connectivity index (χ4n) is 1.93. The van der Waals surface area contributed by atoms with E-state index in [-0.39, 0.29) is 12.0 Å². The smallest absolute Gasteiger partial charge is 0.266 e. The number of nitrogens with zero attached hydrogens (tertiary/aromatic N) is 1. The zero-order valence-electron chi connectivity index (χ0n) is 12.7. The van der Waals surface area contributed by atoms with Gasteiger partial charge in [0.2, 0.25) is 0 Å². The van der Waals surface area contributed by atoms with Gasteiger partial charge in [-0.15, -0.1) is 6.58 Å². The monoisotopic (exact) mass is 333 g/mol. The van der Waals surface area contributed by atoms with Crippen LogP contribution in [0.15, 0.2) is 41.8 Å². The molecule has 0 radical (unpaired) electrons. The second-order valence-electron chi connectivity index (χ2n) is 4.96. The second kappa shape index (κ2) is 7.61. The minimum absolute atomic E-state index is 0.0757. The van der Waals surface area contributed by atoms with E-state index < -0.39 is 0 Å². The van der Waals surface area contributed by atoms with Crippen molar-refractivity contribution in [2.24, 2.45) is 0 Å². The molecule has 0 spiro atoms. The first-order chi connectivity index (χ1) is 10.6. The summed E-state index contributed by atoms with van der Waals surface area (Å²) in [7, 11) is 0. The van der Waals surface area contributed by atoms with Crippen molar-refractivity contribution in [3.63, 3.8) is 0 Å². The molecule has 5 heteroatoms. The Morgan fingerprint density at radius 1 is 1.45 bits per heavy atom. The molecule has 0 bridgehead atoms. The van der Waals surface area contributed by atoms with Crippen molar-refractivity contribution in [3.05, 3.63) is 47.4 Å². The standard InChI is InChI=1S/C17H19NO2S2/c1-4-10-18-16(19)15(22-17(18)21)11-13-8-6-7-9-14(13)20-12(3)5-2/h4,6-9,11-12H,1,5,10H2,2-3H3/b15-11-/t12-/m1/s1. The van der Waals surface area contributed by atoms with Crippen LogP contribution in [0, 0.1) is 0 Å². The highest BCUT2D eigenvalue weighted by Crippen LogP contribution is 2.34. The van der Waals surface area contributed by atoms with E-state index >= 15 is 0 Å². The first-order valence-corrected chi connectivity index (χ1v) is 8.41. The average molecular weight is 333 g/mol. The molecule has 1 fully saturated rings. The summed E-state index contributed by atoms with van der Waals surface area (Å²) in [6, 6.07) is 7.72. The van der Waals surface area contributed by atoms with Crippen molar-refractivity contribution in [2.45, 2.75) is 26.4 Å². The van der Waals surface area contributed by atoms with Crippen LogP contribution in [-0.4, -0.2) is 27.8 Å². The maximum absolute atomic E-state index is 12.4. The van der Waals surface area contributed by atoms with E-state index in [0.29, 0.717) is 15.8 Å². The van der Waals surface area contributed by atoms with Crippen molar-refractivity contribution in [1.82, 2.24) is 4.90 Å². The summed E-state index contributed by atoms with van der Waals surface area (Å²) < 4.78 is 6.48. The SMILES string of the molecule is C=CCN1C(=O)/C(=C/c2ccccc2O[C@H](C)CC)SC1=S. The van der Waals surface area contributed by atoms with Gasteiger partial charge in [-0.1, -0.05) is 55.2 Å². The molecular formula is C17H19NO2S2. The lowest BCUT2D eigenvalue weighted by atomic mass is 10.1. The first kappa shape index (κ1) is 16.8. The maximum atomic E-state index is 12.4. The van der Waals surface area contributed by atoms with E-state index in [4.69, 9.17) is 17.0 Å². The topological polar surface area (TPSA) is 29.5 Å². The van der Waals surface area contributed by atoms with Gasteiger partial charge in [0.05, 0.1) is 11.0 Å². The Balaban J connectivity index is 2.28. The number of carbonyl (C=O) groups excluding carboxylic acids is 1. The number of ether oxygens (including phenoxy) is 1. The second-order valence-corrected chi connectivity index (χ2v) is 6.63. The zero-order valence-corrected chi connectivity index (χ0v) is 14.4. The van der Waals surface area contributed by atoms with E-state index in [0.717, 1.165) is 17.7 Å². The van der Waals surface area contributed by atoms with Crippen molar-refractivity contribution < 1.29 is 9.53 Å². The molecule has 1 aromatic rings. The first-order valence-electron chi connectivity index (χ1n) is 7.18. The highest BCUT2D eigenvalue weighted by atomic mass is 32.2. The minimum Gasteiger partial charge on any atom is -0.490 e. The number of thiocarbonyl (C=S) groups is 1. The summed E-state index contributed by atoms with van der Waals surface area (Å²) in [5.74, 6) is 0.707. The number of thioether (sulfide) groups is 1. The van der Waals surface area contributed by atoms with Gasteiger partial charge in [0.1, 0.15) is 10.1 Å². The minimum atomic E-state index is -0.0757. The van der Waals surface area contributed by atoms with Crippen LogP contribution in [0.4, 0.5) is 0 Å². The number of benzene rings is 1. The lowest BCUT2D eigenvalue weighted by molar-refractivity contribution is -0.121. The van der Waals surface area contributed by atoms with Gasteiger partial charge in [-0.25, -0.2) is 0 Å². The number of rotatable bonds is 6. The Hall–Kier alpha value is -1.59. The Bertz CT molecular complexity index is 625. The number of carbonyl (C=O) groups is 1. The van der Waals surface area contributed by atoms with Crippen LogP contribution in [0.1, 0.15) is 25.8 Å². The van der Waals surface area contributed by atoms with Gasteiger partial charge in [0.15, 0.2) is 0 Å². The van der Waals surface area contributed by atoms with Gasteiger partial charge >= 0.3 is 0 Å². The third-order valence-corrected chi connectivity index (χ3v) is 4.67. The third-order valence-electron chi connectivity index (χ3n) is 3.29. The summed E-state index contributed by atoms with van der Waals surface area (Å²) in [4.78, 5) is 14.5. The van der Waals surface area contributed by atoms with Crippen LogP contribution in [0.2, 0.25) is 0 Å². The average Bonchev–Trinajstić information content (AvgIpc) is 2.77. The number of hydrogen-bond donors (Lipinski definition) is 0. The number of amides is 1. The summed E-state index contributed by atoms with van der Waals surface area (Å²) in [5, 5.41) is 0. The summed E-state index contributed by atoms with van der Waals surface area (Å²) in [6.45, 7) is 8.20. The molecule has 0 aliphatic carbocycles. The normalized spacial score (nSPS) is 17.9. The lowest BCUT2D eigenvalue weighted by Crippen LogP contribution is -2.27. The third kappa shape index (κ3) is 3.78. The van der Waals surface area contributed by atoms with Gasteiger partial charge in [-0.2, -0.15) is 0 Å². The Kier molecular flexibility index (Phi) is 5.80. The van der Waals surface area contributed by atoms with E-state index in [1.807, 2.05) is 37.3 Å². The van der Waals surface area contributed by atoms with Crippen LogP contribution in [0.25, 0.3) is 6.08 Å². The molecule has 1 saturated heterocycles. The summed E-state index contributed by atoms with van der Waals surface area (Å²) >= 11 is 6.56. The fraction of sp³-hybridized carbons (Fsp3) is 0.294. The van der Waals surface area contributed by atoms with Gasteiger partial charge < -0.3 is 4.74 Å². The number of hydrogen-bond acceptors (Lipinski definition) is 4. The molecule has 1 atom stereocenters. The molecule has 2 rings (SSSR count). The molecule has 1 amide bonds. The molecule has 1 heterocycles. The molecule has 0 unspecified atom stereocenters. The maximum Gasteiger partial charge on any atom is 0.266 e. The molecule has 1 aliphatic heterocycles. The van der Waals surface area contributed by atoms with Crippen molar-refractivity contribution >= 4 is 40.3 Å². The number of para-hydroxylation sites is 1. The van der Waals surface area contributed by atoms with Crippen LogP contribution >= 0.6 is 24.0 Å². The predicted octanol–water partition coefficient (Wildman–Crippen LogP) is 4.25. The zero-order chi connectivity index (χ0) is 16.1. The molecule has 1 aliphatic rings. The summed E-state index contributed by atoms with van der Waals surface area (Å²) in [5.41, 5.74) is 0.891. The van der Waals surface area contributed by atoms with Crippen molar-refractivity contribution in [3.8, 4) is 5.75 Å². The van der Waals surface area contributed by atoms with Gasteiger partial charge in [0.25, 0.3) is 5.91 Å². The van der Waals surface area contributed by atoms with Crippen LogP contribution in [-0.2, 0) is 4.79 Å². The van der Waals surface area contributed by atoms with Crippen molar-refractivity contribution in [1.29, 1.82) is 0 Å². The quantitative estimate of drug-likeness (QED) is 0.442. The molecule has 1 aromatic carbocycles. The Labute approximate surface area is 141 Å². The molecule has 0 N–H and O–H groups in total. The molecule has 0 aromatic heterocycles. The molecule has 22 heavy (non-hydrogen) atoms. The van der Waals surface area contributed by atoms with E-state index in [1.54, 1.807) is 11.0 Å². The van der Waals surface area contributed by atoms with Crippen LogP contribution < -0.4 is 4.74 Å². The fourth-order valence-corrected chi connectivity index (χ4v) is 3.20. The Morgan fingerprint density at radius 2 is 2.18 bits per heavy atom. The van der Waals surface area contributed by atoms with Crippen LogP contribution in [0.3, 0.4) is 0 Å². The van der Waals surface area contributed by atoms with Gasteiger partial charge in [-0.05, 0) is 25.5 Å². The van der Waals surface area contributed by atoms with Gasteiger partial charge in [0, 0.05) is 12.1 Å². The van der Waals surface area contributed by atoms with E-state index in [2.05, 4.69) is 13.5 Å². The molecule has 3 nitrogen and oxygen atoms in total. The van der Waals surface area contributed by atoms with E-state index in [9.17, 15) is 4.79 Å². The van der Waals surface area contributed by atoms with Gasteiger partial charge in [-0.3, -0.25) is 9.69 Å². The summed E-state index contributed by atoms with van der Waals surface area (Å²) in [6.07, 6.45) is 4.58.